The molecule has 6 heteroatoms. The third-order valence-corrected chi connectivity index (χ3v) is 4.89. The van der Waals surface area contributed by atoms with Crippen molar-refractivity contribution in [2.24, 2.45) is 0 Å². The Kier molecular flexibility index (Phi) is 5.62. The quantitative estimate of drug-likeness (QED) is 0.596. The number of fused-ring (bicyclic) bond motifs is 2. The molecule has 0 unspecified atom stereocenters. The number of nitrogens with zero attached hydrogens (tertiary/aromatic N) is 1. The van der Waals surface area contributed by atoms with E-state index in [1.165, 1.54) is 0 Å². The first kappa shape index (κ1) is 20.5. The molecule has 3 aromatic rings. The van der Waals surface area contributed by atoms with Crippen molar-refractivity contribution >= 4 is 23.2 Å². The van der Waals surface area contributed by atoms with Crippen molar-refractivity contribution in [3.05, 3.63) is 77.9 Å². The average molecular weight is 416 g/mol. The van der Waals surface area contributed by atoms with E-state index in [1.807, 2.05) is 45.0 Å². The summed E-state index contributed by atoms with van der Waals surface area (Å²) in [6.07, 6.45) is 0.0628. The van der Waals surface area contributed by atoms with E-state index in [-0.39, 0.29) is 17.9 Å². The Morgan fingerprint density at radius 1 is 1.03 bits per heavy atom. The standard InChI is InChI=1S/C25H24N2O4/c1-4-27-21-7-5-6-8-23(21)31-22-14-11-18(15-20(22)25(27)29)26-24(28)17-9-12-19(13-10-17)30-16(2)3/h5-16H,4H2,1-3H3,(H,26,28). The fraction of sp³-hybridized carbons (Fsp3) is 0.200. The van der Waals surface area contributed by atoms with Crippen LogP contribution < -0.4 is 19.7 Å². The Labute approximate surface area is 181 Å². The molecule has 1 aliphatic heterocycles. The number of anilines is 2. The lowest BCUT2D eigenvalue weighted by molar-refractivity contribution is 0.0985. The highest BCUT2D eigenvalue weighted by atomic mass is 16.5. The van der Waals surface area contributed by atoms with E-state index in [9.17, 15) is 9.59 Å². The first-order valence-corrected chi connectivity index (χ1v) is 10.3. The zero-order valence-corrected chi connectivity index (χ0v) is 17.7. The van der Waals surface area contributed by atoms with Crippen LogP contribution in [0.5, 0.6) is 17.2 Å². The lowest BCUT2D eigenvalue weighted by Crippen LogP contribution is -2.29. The summed E-state index contributed by atoms with van der Waals surface area (Å²) in [6, 6.07) is 19.5. The summed E-state index contributed by atoms with van der Waals surface area (Å²) in [6.45, 7) is 6.31. The van der Waals surface area contributed by atoms with Crippen molar-refractivity contribution in [1.82, 2.24) is 0 Å². The zero-order valence-electron chi connectivity index (χ0n) is 17.7. The molecule has 0 spiro atoms. The number of hydrogen-bond acceptors (Lipinski definition) is 4. The van der Waals surface area contributed by atoms with E-state index in [2.05, 4.69) is 5.32 Å². The molecule has 0 radical (unpaired) electrons. The molecule has 1 heterocycles. The van der Waals surface area contributed by atoms with Gasteiger partial charge >= 0.3 is 0 Å². The average Bonchev–Trinajstić information content (AvgIpc) is 2.87. The highest BCUT2D eigenvalue weighted by Gasteiger charge is 2.27. The molecule has 0 aliphatic carbocycles. The van der Waals surface area contributed by atoms with E-state index in [4.69, 9.17) is 9.47 Å². The van der Waals surface area contributed by atoms with Crippen LogP contribution in [0.4, 0.5) is 11.4 Å². The van der Waals surface area contributed by atoms with Gasteiger partial charge in [0.15, 0.2) is 5.75 Å². The van der Waals surface area contributed by atoms with Gasteiger partial charge in [-0.05, 0) is 75.4 Å². The van der Waals surface area contributed by atoms with Gasteiger partial charge in [-0.25, -0.2) is 0 Å². The minimum Gasteiger partial charge on any atom is -0.491 e. The molecule has 31 heavy (non-hydrogen) atoms. The summed E-state index contributed by atoms with van der Waals surface area (Å²) in [5.74, 6) is 1.35. The van der Waals surface area contributed by atoms with Crippen LogP contribution in [0, 0.1) is 0 Å². The molecular weight excluding hydrogens is 392 g/mol. The lowest BCUT2D eigenvalue weighted by atomic mass is 10.1. The zero-order chi connectivity index (χ0) is 22.0. The molecule has 1 aliphatic rings. The molecule has 6 nitrogen and oxygen atoms in total. The second-order valence-electron chi connectivity index (χ2n) is 7.48. The van der Waals surface area contributed by atoms with Crippen molar-refractivity contribution in [1.29, 1.82) is 0 Å². The Bertz CT molecular complexity index is 1120. The van der Waals surface area contributed by atoms with Gasteiger partial charge in [0.1, 0.15) is 11.5 Å². The van der Waals surface area contributed by atoms with Crippen LogP contribution in [0.2, 0.25) is 0 Å². The number of rotatable bonds is 5. The van der Waals surface area contributed by atoms with Crippen LogP contribution in [-0.4, -0.2) is 24.5 Å². The molecule has 1 N–H and O–H groups in total. The van der Waals surface area contributed by atoms with Gasteiger partial charge < -0.3 is 19.7 Å². The summed E-state index contributed by atoms with van der Waals surface area (Å²) in [7, 11) is 0. The molecule has 158 valence electrons. The molecule has 0 saturated carbocycles. The van der Waals surface area contributed by atoms with Gasteiger partial charge in [0.05, 0.1) is 17.4 Å². The number of carbonyl (C=O) groups excluding carboxylic acids is 2. The smallest absolute Gasteiger partial charge is 0.262 e. The van der Waals surface area contributed by atoms with E-state index >= 15 is 0 Å². The first-order valence-electron chi connectivity index (χ1n) is 10.3. The molecule has 0 saturated heterocycles. The Hall–Kier alpha value is -3.80. The fourth-order valence-electron chi connectivity index (χ4n) is 3.48. The largest absolute Gasteiger partial charge is 0.491 e. The second kappa shape index (κ2) is 8.52. The minimum atomic E-state index is -0.270. The summed E-state index contributed by atoms with van der Waals surface area (Å²) in [5, 5.41) is 2.86. The third-order valence-electron chi connectivity index (χ3n) is 4.89. The summed E-state index contributed by atoms with van der Waals surface area (Å²) in [5.41, 5.74) is 2.14. The number of hydrogen-bond donors (Lipinski definition) is 1. The number of nitrogens with one attached hydrogen (secondary N) is 1. The monoisotopic (exact) mass is 416 g/mol. The summed E-state index contributed by atoms with van der Waals surface area (Å²) >= 11 is 0. The molecule has 2 amide bonds. The van der Waals surface area contributed by atoms with E-state index in [1.54, 1.807) is 47.4 Å². The van der Waals surface area contributed by atoms with Gasteiger partial charge in [-0.1, -0.05) is 12.1 Å². The summed E-state index contributed by atoms with van der Waals surface area (Å²) in [4.78, 5) is 27.5. The van der Waals surface area contributed by atoms with Crippen LogP contribution in [0.3, 0.4) is 0 Å². The number of benzene rings is 3. The fourth-order valence-corrected chi connectivity index (χ4v) is 3.48. The van der Waals surface area contributed by atoms with Crippen LogP contribution in [0.15, 0.2) is 66.7 Å². The number of amides is 2. The van der Waals surface area contributed by atoms with Gasteiger partial charge in [-0.2, -0.15) is 0 Å². The highest BCUT2D eigenvalue weighted by molar-refractivity contribution is 6.11. The van der Waals surface area contributed by atoms with Gasteiger partial charge in [0, 0.05) is 17.8 Å². The Morgan fingerprint density at radius 2 is 1.77 bits per heavy atom. The van der Waals surface area contributed by atoms with Crippen molar-refractivity contribution in [2.75, 3.05) is 16.8 Å². The van der Waals surface area contributed by atoms with Gasteiger partial charge in [-0.15, -0.1) is 0 Å². The van der Waals surface area contributed by atoms with Crippen molar-refractivity contribution < 1.29 is 19.1 Å². The second-order valence-corrected chi connectivity index (χ2v) is 7.48. The van der Waals surface area contributed by atoms with Crippen LogP contribution in [0.25, 0.3) is 0 Å². The van der Waals surface area contributed by atoms with Crippen molar-refractivity contribution in [2.45, 2.75) is 26.9 Å². The maximum Gasteiger partial charge on any atom is 0.262 e. The third kappa shape index (κ3) is 4.23. The number of ether oxygens (including phenoxy) is 2. The minimum absolute atomic E-state index is 0.0628. The topological polar surface area (TPSA) is 67.9 Å². The maximum atomic E-state index is 13.2. The van der Waals surface area contributed by atoms with E-state index in [0.29, 0.717) is 40.6 Å². The van der Waals surface area contributed by atoms with Crippen molar-refractivity contribution in [3.8, 4) is 17.2 Å². The number of carbonyl (C=O) groups is 2. The maximum absolute atomic E-state index is 13.2. The van der Waals surface area contributed by atoms with Gasteiger partial charge in [0.2, 0.25) is 0 Å². The first-order chi connectivity index (χ1) is 15.0. The Balaban J connectivity index is 1.58. The molecule has 0 aromatic heterocycles. The molecule has 0 atom stereocenters. The SMILES string of the molecule is CCN1C(=O)c2cc(NC(=O)c3ccc(OC(C)C)cc3)ccc2Oc2ccccc21. The normalized spacial score (nSPS) is 12.5. The molecule has 0 bridgehead atoms. The van der Waals surface area contributed by atoms with E-state index in [0.717, 1.165) is 5.69 Å². The van der Waals surface area contributed by atoms with E-state index < -0.39 is 0 Å². The molecule has 0 fully saturated rings. The molecule has 3 aromatic carbocycles. The predicted molar refractivity (Wildman–Crippen MR) is 120 cm³/mol. The van der Waals surface area contributed by atoms with Gasteiger partial charge in [0.25, 0.3) is 11.8 Å². The van der Waals surface area contributed by atoms with Crippen molar-refractivity contribution in [3.63, 3.8) is 0 Å². The van der Waals surface area contributed by atoms with Crippen LogP contribution >= 0.6 is 0 Å². The van der Waals surface area contributed by atoms with Crippen LogP contribution in [-0.2, 0) is 0 Å². The molecule has 4 rings (SSSR count). The lowest BCUT2D eigenvalue weighted by Gasteiger charge is -2.19. The Morgan fingerprint density at radius 3 is 2.48 bits per heavy atom. The molecular formula is C25H24N2O4. The number of para-hydroxylation sites is 2. The van der Waals surface area contributed by atoms with Crippen LogP contribution in [0.1, 0.15) is 41.5 Å². The summed E-state index contributed by atoms with van der Waals surface area (Å²) < 4.78 is 11.6. The van der Waals surface area contributed by atoms with Gasteiger partial charge in [-0.3, -0.25) is 9.59 Å². The predicted octanol–water partition coefficient (Wildman–Crippen LogP) is 5.50. The highest BCUT2D eigenvalue weighted by Crippen LogP contribution is 2.39.